The Kier molecular flexibility index (Phi) is 12.0. The fourth-order valence-electron chi connectivity index (χ4n) is 2.91. The van der Waals surface area contributed by atoms with E-state index < -0.39 is 11.6 Å². The second-order valence-electron chi connectivity index (χ2n) is 6.88. The minimum absolute atomic E-state index is 0.0335. The van der Waals surface area contributed by atoms with Crippen molar-refractivity contribution in [2.24, 2.45) is 11.8 Å². The van der Waals surface area contributed by atoms with Gasteiger partial charge in [-0.25, -0.2) is 4.79 Å². The summed E-state index contributed by atoms with van der Waals surface area (Å²) in [5, 5.41) is 12.7. The predicted molar refractivity (Wildman–Crippen MR) is 106 cm³/mol. The number of rotatable bonds is 13. The molecule has 0 heterocycles. The summed E-state index contributed by atoms with van der Waals surface area (Å²) in [7, 11) is 0. The normalized spacial score (nSPS) is 16.4. The van der Waals surface area contributed by atoms with Crippen molar-refractivity contribution in [2.45, 2.75) is 65.3 Å². The van der Waals surface area contributed by atoms with Crippen molar-refractivity contribution in [3.63, 3.8) is 0 Å². The van der Waals surface area contributed by atoms with E-state index in [1.165, 1.54) is 0 Å². The van der Waals surface area contributed by atoms with Gasteiger partial charge < -0.3 is 15.2 Å². The molecule has 144 valence electrons. The SMILES string of the molecule is C=C/C=C(\C=C)COC(=O)NC(CC)(CCC[C@H](C)CC)C(C)CO. The molecule has 0 aromatic heterocycles. The topological polar surface area (TPSA) is 58.6 Å². The molecular formula is C21H37NO3. The molecule has 0 aliphatic heterocycles. The maximum atomic E-state index is 12.3. The zero-order valence-electron chi connectivity index (χ0n) is 16.5. The molecule has 1 amide bonds. The lowest BCUT2D eigenvalue weighted by atomic mass is 9.78. The number of aliphatic hydroxyl groups is 1. The summed E-state index contributed by atoms with van der Waals surface area (Å²) in [6.45, 7) is 16.0. The highest BCUT2D eigenvalue weighted by Crippen LogP contribution is 2.29. The summed E-state index contributed by atoms with van der Waals surface area (Å²) in [6, 6.07) is 0. The van der Waals surface area contributed by atoms with Crippen LogP contribution in [0.15, 0.2) is 37.0 Å². The molecule has 3 atom stereocenters. The van der Waals surface area contributed by atoms with Gasteiger partial charge in [0.2, 0.25) is 0 Å². The minimum Gasteiger partial charge on any atom is -0.445 e. The Balaban J connectivity index is 4.91. The number of hydrogen-bond acceptors (Lipinski definition) is 3. The number of hydrogen-bond donors (Lipinski definition) is 2. The number of nitrogens with one attached hydrogen (secondary N) is 1. The van der Waals surface area contributed by atoms with Crippen LogP contribution in [0.3, 0.4) is 0 Å². The van der Waals surface area contributed by atoms with Gasteiger partial charge in [-0.05, 0) is 24.3 Å². The lowest BCUT2D eigenvalue weighted by Crippen LogP contribution is -2.54. The molecule has 0 aromatic carbocycles. The van der Waals surface area contributed by atoms with Crippen molar-refractivity contribution in [3.8, 4) is 0 Å². The fraction of sp³-hybridized carbons (Fsp3) is 0.667. The maximum absolute atomic E-state index is 12.3. The van der Waals surface area contributed by atoms with Crippen LogP contribution in [0.1, 0.15) is 59.8 Å². The van der Waals surface area contributed by atoms with E-state index >= 15 is 0 Å². The second-order valence-corrected chi connectivity index (χ2v) is 6.88. The molecule has 2 N–H and O–H groups in total. The van der Waals surface area contributed by atoms with Gasteiger partial charge >= 0.3 is 6.09 Å². The molecule has 0 saturated heterocycles. The summed E-state index contributed by atoms with van der Waals surface area (Å²) < 4.78 is 5.33. The summed E-state index contributed by atoms with van der Waals surface area (Å²) in [5.74, 6) is 0.634. The molecule has 0 radical (unpaired) electrons. The molecule has 0 rings (SSSR count). The Morgan fingerprint density at radius 1 is 1.32 bits per heavy atom. The standard InChI is InChI=1S/C21H37NO3/c1-7-12-19(9-3)16-25-20(24)22-21(10-4,18(6)15-23)14-11-13-17(5)8-2/h7,9,12,17-18,23H,1,3,8,10-11,13-16H2,2,4-6H3,(H,22,24)/b19-12+/t17-,18?,21?/m1/s1. The molecule has 2 unspecified atom stereocenters. The van der Waals surface area contributed by atoms with Gasteiger partial charge in [0.25, 0.3) is 0 Å². The third-order valence-corrected chi connectivity index (χ3v) is 5.18. The molecular weight excluding hydrogens is 314 g/mol. The number of carbonyl (C=O) groups excluding carboxylic acids is 1. The number of carbonyl (C=O) groups is 1. The van der Waals surface area contributed by atoms with Gasteiger partial charge in [-0.15, -0.1) is 0 Å². The monoisotopic (exact) mass is 351 g/mol. The Morgan fingerprint density at radius 3 is 2.48 bits per heavy atom. The van der Waals surface area contributed by atoms with Gasteiger partial charge in [-0.1, -0.05) is 78.3 Å². The van der Waals surface area contributed by atoms with E-state index in [-0.39, 0.29) is 19.1 Å². The summed E-state index contributed by atoms with van der Waals surface area (Å²) in [4.78, 5) is 12.3. The first-order valence-electron chi connectivity index (χ1n) is 9.38. The third kappa shape index (κ3) is 8.39. The molecule has 0 fully saturated rings. The van der Waals surface area contributed by atoms with E-state index in [4.69, 9.17) is 4.74 Å². The lowest BCUT2D eigenvalue weighted by Gasteiger charge is -2.38. The molecule has 4 nitrogen and oxygen atoms in total. The smallest absolute Gasteiger partial charge is 0.407 e. The van der Waals surface area contributed by atoms with Crippen LogP contribution in [0.25, 0.3) is 0 Å². The summed E-state index contributed by atoms with van der Waals surface area (Å²) >= 11 is 0. The summed E-state index contributed by atoms with van der Waals surface area (Å²) in [5.41, 5.74) is 0.342. The minimum atomic E-state index is -0.456. The first-order valence-corrected chi connectivity index (χ1v) is 9.38. The number of alkyl carbamates (subject to hydrolysis) is 1. The van der Waals surface area contributed by atoms with Crippen molar-refractivity contribution >= 4 is 6.09 Å². The van der Waals surface area contributed by atoms with Gasteiger partial charge in [0.15, 0.2) is 0 Å². The first-order chi connectivity index (χ1) is 11.9. The van der Waals surface area contributed by atoms with Crippen LogP contribution in [0.2, 0.25) is 0 Å². The average molecular weight is 352 g/mol. The van der Waals surface area contributed by atoms with Crippen LogP contribution < -0.4 is 5.32 Å². The number of amides is 1. The zero-order chi connectivity index (χ0) is 19.3. The van der Waals surface area contributed by atoms with Crippen molar-refractivity contribution in [2.75, 3.05) is 13.2 Å². The van der Waals surface area contributed by atoms with Crippen LogP contribution in [0, 0.1) is 11.8 Å². The predicted octanol–water partition coefficient (Wildman–Crippen LogP) is 5.00. The summed E-state index contributed by atoms with van der Waals surface area (Å²) in [6.07, 6.45) is 9.46. The van der Waals surface area contributed by atoms with E-state index in [0.717, 1.165) is 37.7 Å². The van der Waals surface area contributed by atoms with Crippen LogP contribution in [0.4, 0.5) is 4.79 Å². The molecule has 0 aliphatic carbocycles. The molecule has 0 bridgehead atoms. The van der Waals surface area contributed by atoms with Crippen LogP contribution >= 0.6 is 0 Å². The van der Waals surface area contributed by atoms with E-state index in [9.17, 15) is 9.90 Å². The van der Waals surface area contributed by atoms with E-state index in [1.807, 2.05) is 13.8 Å². The molecule has 0 aliphatic rings. The lowest BCUT2D eigenvalue weighted by molar-refractivity contribution is 0.0960. The molecule has 0 saturated carbocycles. The Morgan fingerprint density at radius 2 is 2.00 bits per heavy atom. The fourth-order valence-corrected chi connectivity index (χ4v) is 2.91. The van der Waals surface area contributed by atoms with Gasteiger partial charge in [-0.3, -0.25) is 0 Å². The third-order valence-electron chi connectivity index (χ3n) is 5.18. The van der Waals surface area contributed by atoms with Crippen molar-refractivity contribution < 1.29 is 14.6 Å². The largest absolute Gasteiger partial charge is 0.445 e. The molecule has 25 heavy (non-hydrogen) atoms. The highest BCUT2D eigenvalue weighted by molar-refractivity contribution is 5.68. The Hall–Kier alpha value is -1.55. The first kappa shape index (κ1) is 23.4. The molecule has 0 aromatic rings. The highest BCUT2D eigenvalue weighted by atomic mass is 16.5. The van der Waals surface area contributed by atoms with Crippen LogP contribution in [-0.2, 0) is 4.74 Å². The van der Waals surface area contributed by atoms with Crippen molar-refractivity contribution in [3.05, 3.63) is 37.0 Å². The van der Waals surface area contributed by atoms with Crippen LogP contribution in [0.5, 0.6) is 0 Å². The molecule has 4 heteroatoms. The Bertz CT molecular complexity index is 444. The maximum Gasteiger partial charge on any atom is 0.407 e. The van der Waals surface area contributed by atoms with Crippen molar-refractivity contribution in [1.29, 1.82) is 0 Å². The van der Waals surface area contributed by atoms with E-state index in [1.54, 1.807) is 18.2 Å². The van der Waals surface area contributed by atoms with Gasteiger partial charge in [0, 0.05) is 18.1 Å². The van der Waals surface area contributed by atoms with Crippen molar-refractivity contribution in [1.82, 2.24) is 5.32 Å². The number of aliphatic hydroxyl groups excluding tert-OH is 1. The van der Waals surface area contributed by atoms with E-state index in [0.29, 0.717) is 5.92 Å². The van der Waals surface area contributed by atoms with Gasteiger partial charge in [0.1, 0.15) is 6.61 Å². The van der Waals surface area contributed by atoms with Crippen LogP contribution in [-0.4, -0.2) is 30.0 Å². The van der Waals surface area contributed by atoms with E-state index in [2.05, 4.69) is 32.3 Å². The molecule has 0 spiro atoms. The van der Waals surface area contributed by atoms with Gasteiger partial charge in [0.05, 0.1) is 0 Å². The number of ether oxygens (including phenoxy) is 1. The average Bonchev–Trinajstić information content (AvgIpc) is 2.63. The second kappa shape index (κ2) is 12.8. The quantitative estimate of drug-likeness (QED) is 0.459. The highest BCUT2D eigenvalue weighted by Gasteiger charge is 2.35. The van der Waals surface area contributed by atoms with Gasteiger partial charge in [-0.2, -0.15) is 0 Å². The number of allylic oxidation sites excluding steroid dienone is 2. The zero-order valence-corrected chi connectivity index (χ0v) is 16.5. The Labute approximate surface area is 154 Å².